The largest absolute Gasteiger partial charge is 0.390 e. The van der Waals surface area contributed by atoms with Crippen LogP contribution in [-0.4, -0.2) is 42.0 Å². The molecule has 96 valence electrons. The number of rotatable bonds is 6. The Labute approximate surface area is 98.7 Å². The minimum Gasteiger partial charge on any atom is -0.390 e. The summed E-state index contributed by atoms with van der Waals surface area (Å²) in [7, 11) is 1.43. The van der Waals surface area contributed by atoms with Gasteiger partial charge in [0.2, 0.25) is 0 Å². The third kappa shape index (κ3) is 7.56. The molecule has 16 heavy (non-hydrogen) atoms. The van der Waals surface area contributed by atoms with E-state index in [0.29, 0.717) is 12.1 Å². The molecule has 0 amide bonds. The van der Waals surface area contributed by atoms with E-state index >= 15 is 0 Å². The number of hydrogen-bond acceptors (Lipinski definition) is 4. The van der Waals surface area contributed by atoms with E-state index in [4.69, 9.17) is 9.84 Å². The Kier molecular flexibility index (Phi) is 13.7. The molecule has 4 heteroatoms. The van der Waals surface area contributed by atoms with Gasteiger partial charge in [-0.15, -0.1) is 0 Å². The van der Waals surface area contributed by atoms with Crippen LogP contribution in [0.25, 0.3) is 0 Å². The standard InChI is InChI=1S/C10H19NO3.C2H6/c1-4-6-8(7-12)11-9(5-2)10(13)14-3;1-2/h4,6,9-10,12-13H,5,7H2,1-3H3;1-2H3/b6-4-,11-8?;. The maximum atomic E-state index is 9.40. The van der Waals surface area contributed by atoms with Crippen molar-refractivity contribution in [2.45, 2.75) is 46.4 Å². The number of ether oxygens (including phenoxy) is 1. The second-order valence-electron chi connectivity index (χ2n) is 2.88. The lowest BCUT2D eigenvalue weighted by Crippen LogP contribution is -2.27. The number of aliphatic imine (C=N–C) groups is 1. The molecule has 0 rings (SSSR count). The fraction of sp³-hybridized carbons (Fsp3) is 0.750. The van der Waals surface area contributed by atoms with Gasteiger partial charge in [0.05, 0.1) is 12.3 Å². The lowest BCUT2D eigenvalue weighted by molar-refractivity contribution is -0.0891. The smallest absolute Gasteiger partial charge is 0.176 e. The summed E-state index contributed by atoms with van der Waals surface area (Å²) < 4.78 is 4.77. The van der Waals surface area contributed by atoms with Crippen LogP contribution in [-0.2, 0) is 4.74 Å². The van der Waals surface area contributed by atoms with Crippen LogP contribution in [0.15, 0.2) is 17.1 Å². The summed E-state index contributed by atoms with van der Waals surface area (Å²) >= 11 is 0. The quantitative estimate of drug-likeness (QED) is 0.541. The zero-order chi connectivity index (χ0) is 13.0. The molecule has 0 aromatic carbocycles. The van der Waals surface area contributed by atoms with Gasteiger partial charge in [-0.05, 0) is 19.4 Å². The van der Waals surface area contributed by atoms with Crippen LogP contribution in [0.1, 0.15) is 34.1 Å². The van der Waals surface area contributed by atoms with E-state index in [1.54, 1.807) is 12.2 Å². The van der Waals surface area contributed by atoms with Crippen LogP contribution in [0.3, 0.4) is 0 Å². The van der Waals surface area contributed by atoms with Crippen molar-refractivity contribution >= 4 is 5.71 Å². The average molecular weight is 231 g/mol. The molecule has 0 aliphatic carbocycles. The summed E-state index contributed by atoms with van der Waals surface area (Å²) in [6.45, 7) is 7.62. The van der Waals surface area contributed by atoms with E-state index < -0.39 is 6.29 Å². The van der Waals surface area contributed by atoms with Crippen molar-refractivity contribution in [3.05, 3.63) is 12.2 Å². The summed E-state index contributed by atoms with van der Waals surface area (Å²) in [6, 6.07) is -0.321. The number of methoxy groups -OCH3 is 1. The van der Waals surface area contributed by atoms with Gasteiger partial charge >= 0.3 is 0 Å². The Morgan fingerprint density at radius 3 is 2.31 bits per heavy atom. The van der Waals surface area contributed by atoms with Crippen LogP contribution in [0.4, 0.5) is 0 Å². The van der Waals surface area contributed by atoms with Gasteiger partial charge in [-0.25, -0.2) is 0 Å². The molecule has 0 fully saturated rings. The Hall–Kier alpha value is -0.710. The van der Waals surface area contributed by atoms with Gasteiger partial charge in [0, 0.05) is 7.11 Å². The zero-order valence-electron chi connectivity index (χ0n) is 11.0. The van der Waals surface area contributed by atoms with Crippen molar-refractivity contribution in [2.24, 2.45) is 4.99 Å². The van der Waals surface area contributed by atoms with Crippen molar-refractivity contribution in [3.8, 4) is 0 Å². The molecule has 0 aliphatic rings. The predicted molar refractivity (Wildman–Crippen MR) is 67.8 cm³/mol. The Morgan fingerprint density at radius 1 is 1.44 bits per heavy atom. The molecular formula is C12H25NO3. The molecule has 2 N–H and O–H groups in total. The highest BCUT2D eigenvalue weighted by molar-refractivity contribution is 5.95. The van der Waals surface area contributed by atoms with E-state index in [-0.39, 0.29) is 12.6 Å². The molecule has 2 atom stereocenters. The Bertz CT molecular complexity index is 202. The van der Waals surface area contributed by atoms with Crippen molar-refractivity contribution in [3.63, 3.8) is 0 Å². The van der Waals surface area contributed by atoms with E-state index in [0.717, 1.165) is 0 Å². The summed E-state index contributed by atoms with van der Waals surface area (Å²) in [6.07, 6.45) is 3.26. The van der Waals surface area contributed by atoms with E-state index in [9.17, 15) is 5.11 Å². The number of hydrogen-bond donors (Lipinski definition) is 2. The van der Waals surface area contributed by atoms with Crippen LogP contribution in [0.5, 0.6) is 0 Å². The van der Waals surface area contributed by atoms with Crippen LogP contribution in [0.2, 0.25) is 0 Å². The first-order valence-corrected chi connectivity index (χ1v) is 5.70. The van der Waals surface area contributed by atoms with E-state index in [2.05, 4.69) is 4.99 Å². The van der Waals surface area contributed by atoms with Crippen LogP contribution >= 0.6 is 0 Å². The SMILES string of the molecule is C/C=C\C(CO)=NC(CC)C(O)OC.CC. The van der Waals surface area contributed by atoms with E-state index in [1.807, 2.05) is 27.7 Å². The molecule has 0 saturated carbocycles. The lowest BCUT2D eigenvalue weighted by Gasteiger charge is -2.16. The maximum absolute atomic E-state index is 9.40. The highest BCUT2D eigenvalue weighted by atomic mass is 16.6. The van der Waals surface area contributed by atoms with Gasteiger partial charge in [0.15, 0.2) is 6.29 Å². The minimum absolute atomic E-state index is 0.128. The van der Waals surface area contributed by atoms with Crippen molar-refractivity contribution in [1.82, 2.24) is 0 Å². The number of aliphatic hydroxyl groups is 2. The van der Waals surface area contributed by atoms with Crippen molar-refractivity contribution in [1.29, 1.82) is 0 Å². The molecule has 0 aliphatic heterocycles. The monoisotopic (exact) mass is 231 g/mol. The van der Waals surface area contributed by atoms with Gasteiger partial charge < -0.3 is 14.9 Å². The molecule has 0 aromatic rings. The highest BCUT2D eigenvalue weighted by Crippen LogP contribution is 2.05. The maximum Gasteiger partial charge on any atom is 0.176 e. The molecule has 0 aromatic heterocycles. The van der Waals surface area contributed by atoms with Gasteiger partial charge in [-0.2, -0.15) is 0 Å². The molecule has 0 spiro atoms. The van der Waals surface area contributed by atoms with Gasteiger partial charge in [-0.1, -0.05) is 26.8 Å². The predicted octanol–water partition coefficient (Wildman–Crippen LogP) is 1.77. The number of allylic oxidation sites excluding steroid dienone is 1. The zero-order valence-corrected chi connectivity index (χ0v) is 11.0. The van der Waals surface area contributed by atoms with Crippen molar-refractivity contribution < 1.29 is 14.9 Å². The second kappa shape index (κ2) is 12.4. The first-order chi connectivity index (χ1) is 7.69. The van der Waals surface area contributed by atoms with Crippen LogP contribution < -0.4 is 0 Å². The Balaban J connectivity index is 0. The van der Waals surface area contributed by atoms with Gasteiger partial charge in [-0.3, -0.25) is 4.99 Å². The van der Waals surface area contributed by atoms with Crippen LogP contribution in [0, 0.1) is 0 Å². The third-order valence-corrected chi connectivity index (χ3v) is 1.84. The average Bonchev–Trinajstić information content (AvgIpc) is 2.35. The topological polar surface area (TPSA) is 62.1 Å². The molecule has 0 heterocycles. The molecule has 0 bridgehead atoms. The highest BCUT2D eigenvalue weighted by Gasteiger charge is 2.15. The van der Waals surface area contributed by atoms with Gasteiger partial charge in [0.1, 0.15) is 6.04 Å². The summed E-state index contributed by atoms with van der Waals surface area (Å²) in [5, 5.41) is 18.3. The normalized spacial score (nSPS) is 15.6. The van der Waals surface area contributed by atoms with E-state index in [1.165, 1.54) is 7.11 Å². The first-order valence-electron chi connectivity index (χ1n) is 5.70. The second-order valence-corrected chi connectivity index (χ2v) is 2.88. The molecule has 0 radical (unpaired) electrons. The molecule has 0 saturated heterocycles. The Morgan fingerprint density at radius 2 is 2.00 bits per heavy atom. The number of nitrogens with zero attached hydrogens (tertiary/aromatic N) is 1. The molecular weight excluding hydrogens is 206 g/mol. The molecule has 2 unspecified atom stereocenters. The fourth-order valence-electron chi connectivity index (χ4n) is 1.06. The lowest BCUT2D eigenvalue weighted by atomic mass is 10.2. The number of aliphatic hydroxyl groups excluding tert-OH is 2. The van der Waals surface area contributed by atoms with Crippen molar-refractivity contribution in [2.75, 3.05) is 13.7 Å². The molecule has 4 nitrogen and oxygen atoms in total. The third-order valence-electron chi connectivity index (χ3n) is 1.84. The van der Waals surface area contributed by atoms with Gasteiger partial charge in [0.25, 0.3) is 0 Å². The fourth-order valence-corrected chi connectivity index (χ4v) is 1.06. The summed E-state index contributed by atoms with van der Waals surface area (Å²) in [5.74, 6) is 0. The first kappa shape index (κ1) is 17.7. The summed E-state index contributed by atoms with van der Waals surface area (Å²) in [4.78, 5) is 4.18. The minimum atomic E-state index is -0.910. The summed E-state index contributed by atoms with van der Waals surface area (Å²) in [5.41, 5.74) is 0.551.